The van der Waals surface area contributed by atoms with E-state index in [0.717, 1.165) is 27.8 Å². The van der Waals surface area contributed by atoms with E-state index in [4.69, 9.17) is 14.2 Å². The lowest BCUT2D eigenvalue weighted by molar-refractivity contribution is -0.134. The second-order valence-corrected chi connectivity index (χ2v) is 7.54. The Labute approximate surface area is 198 Å². The van der Waals surface area contributed by atoms with E-state index >= 15 is 0 Å². The normalized spacial score (nSPS) is 11.3. The molecule has 0 atom stereocenters. The van der Waals surface area contributed by atoms with Crippen LogP contribution in [0.25, 0.3) is 11.1 Å². The van der Waals surface area contributed by atoms with Crippen LogP contribution in [0.4, 0.5) is 0 Å². The fraction of sp³-hybridized carbons (Fsp3) is 0.179. The molecule has 0 fully saturated rings. The van der Waals surface area contributed by atoms with Crippen LogP contribution < -0.4 is 14.2 Å². The highest BCUT2D eigenvalue weighted by atomic mass is 16.6. The minimum Gasteiger partial charge on any atom is -0.427 e. The first-order valence-corrected chi connectivity index (χ1v) is 10.9. The highest BCUT2D eigenvalue weighted by molar-refractivity contribution is 5.99. The lowest BCUT2D eigenvalue weighted by Crippen LogP contribution is -2.07. The quantitative estimate of drug-likeness (QED) is 0.252. The lowest BCUT2D eigenvalue weighted by Gasteiger charge is -2.18. The molecule has 0 heterocycles. The van der Waals surface area contributed by atoms with E-state index in [1.165, 1.54) is 20.8 Å². The van der Waals surface area contributed by atoms with Gasteiger partial charge in [0.1, 0.15) is 5.75 Å². The number of hydrogen-bond donors (Lipinski definition) is 0. The maximum Gasteiger partial charge on any atom is 0.308 e. The van der Waals surface area contributed by atoms with Crippen molar-refractivity contribution in [2.75, 3.05) is 0 Å². The topological polar surface area (TPSA) is 78.9 Å². The predicted octanol–water partition coefficient (Wildman–Crippen LogP) is 5.83. The van der Waals surface area contributed by atoms with Crippen LogP contribution in [0.2, 0.25) is 0 Å². The molecule has 0 spiro atoms. The molecule has 0 saturated heterocycles. The standard InChI is InChI=1S/C28H26O6/c1-5-25(22-14-15-26(33-19(3)30)27(17-22)34-20(4)31)28(21-10-7-6-8-11-21)23-12-9-13-24(16-23)32-18(2)29/h6-17H,5H2,1-4H3/b28-25+. The fourth-order valence-electron chi connectivity index (χ4n) is 3.70. The Balaban J connectivity index is 2.25. The first-order chi connectivity index (χ1) is 16.3. The minimum absolute atomic E-state index is 0.159. The molecule has 3 aromatic rings. The number of esters is 3. The lowest BCUT2D eigenvalue weighted by atomic mass is 9.88. The Bertz CT molecular complexity index is 1240. The Hall–Kier alpha value is -4.19. The van der Waals surface area contributed by atoms with Gasteiger partial charge >= 0.3 is 17.9 Å². The van der Waals surface area contributed by atoms with Gasteiger partial charge in [0.05, 0.1) is 0 Å². The second kappa shape index (κ2) is 11.1. The number of rotatable bonds is 7. The van der Waals surface area contributed by atoms with Crippen molar-refractivity contribution in [3.8, 4) is 17.2 Å². The number of benzene rings is 3. The second-order valence-electron chi connectivity index (χ2n) is 7.54. The highest BCUT2D eigenvalue weighted by Crippen LogP contribution is 2.38. The summed E-state index contributed by atoms with van der Waals surface area (Å²) in [5.74, 6) is -0.665. The van der Waals surface area contributed by atoms with Crippen molar-refractivity contribution in [3.05, 3.63) is 89.5 Å². The summed E-state index contributed by atoms with van der Waals surface area (Å²) in [6.07, 6.45) is 0.647. The van der Waals surface area contributed by atoms with Gasteiger partial charge in [-0.05, 0) is 58.5 Å². The Morgan fingerprint density at radius 3 is 1.85 bits per heavy atom. The summed E-state index contributed by atoms with van der Waals surface area (Å²) in [6, 6.07) is 22.3. The first kappa shape index (κ1) is 24.5. The number of carbonyl (C=O) groups is 3. The minimum atomic E-state index is -0.523. The summed E-state index contributed by atoms with van der Waals surface area (Å²) in [7, 11) is 0. The van der Waals surface area contributed by atoms with Crippen molar-refractivity contribution in [1.29, 1.82) is 0 Å². The van der Waals surface area contributed by atoms with Crippen LogP contribution >= 0.6 is 0 Å². The van der Waals surface area contributed by atoms with Gasteiger partial charge < -0.3 is 14.2 Å². The van der Waals surface area contributed by atoms with E-state index in [1.807, 2.05) is 61.5 Å². The molecule has 0 aliphatic carbocycles. The molecule has 3 aromatic carbocycles. The third kappa shape index (κ3) is 6.19. The predicted molar refractivity (Wildman–Crippen MR) is 129 cm³/mol. The number of carbonyl (C=O) groups excluding carboxylic acids is 3. The Morgan fingerprint density at radius 2 is 1.24 bits per heavy atom. The van der Waals surface area contributed by atoms with Crippen LogP contribution in [0.3, 0.4) is 0 Å². The van der Waals surface area contributed by atoms with E-state index in [9.17, 15) is 14.4 Å². The zero-order valence-electron chi connectivity index (χ0n) is 19.6. The number of allylic oxidation sites excluding steroid dienone is 1. The van der Waals surface area contributed by atoms with Gasteiger partial charge in [0.2, 0.25) is 0 Å². The van der Waals surface area contributed by atoms with Crippen molar-refractivity contribution in [1.82, 2.24) is 0 Å². The molecular formula is C28H26O6. The molecule has 0 bridgehead atoms. The summed E-state index contributed by atoms with van der Waals surface area (Å²) >= 11 is 0. The van der Waals surface area contributed by atoms with Crippen molar-refractivity contribution in [2.45, 2.75) is 34.1 Å². The van der Waals surface area contributed by atoms with E-state index < -0.39 is 17.9 Å². The van der Waals surface area contributed by atoms with Crippen LogP contribution in [-0.2, 0) is 14.4 Å². The zero-order chi connectivity index (χ0) is 24.7. The molecule has 0 radical (unpaired) electrons. The molecule has 0 aromatic heterocycles. The summed E-state index contributed by atoms with van der Waals surface area (Å²) in [5.41, 5.74) is 4.53. The molecule has 0 aliphatic rings. The summed E-state index contributed by atoms with van der Waals surface area (Å²) in [5, 5.41) is 0. The molecule has 6 nitrogen and oxygen atoms in total. The fourth-order valence-corrected chi connectivity index (χ4v) is 3.70. The number of ether oxygens (including phenoxy) is 3. The molecule has 0 aliphatic heterocycles. The van der Waals surface area contributed by atoms with Crippen LogP contribution in [0, 0.1) is 0 Å². The van der Waals surface area contributed by atoms with Gasteiger partial charge in [-0.15, -0.1) is 0 Å². The first-order valence-electron chi connectivity index (χ1n) is 10.9. The Morgan fingerprint density at radius 1 is 0.618 bits per heavy atom. The molecule has 0 N–H and O–H groups in total. The third-order valence-corrected chi connectivity index (χ3v) is 4.90. The van der Waals surface area contributed by atoms with E-state index in [1.54, 1.807) is 18.2 Å². The SMILES string of the molecule is CC/C(=C(/c1ccccc1)c1cccc(OC(C)=O)c1)c1ccc(OC(C)=O)c(OC(C)=O)c1. The molecule has 6 heteroatoms. The van der Waals surface area contributed by atoms with Crippen LogP contribution in [-0.4, -0.2) is 17.9 Å². The molecule has 174 valence electrons. The monoisotopic (exact) mass is 458 g/mol. The van der Waals surface area contributed by atoms with Gasteiger partial charge in [-0.3, -0.25) is 14.4 Å². The third-order valence-electron chi connectivity index (χ3n) is 4.90. The van der Waals surface area contributed by atoms with Crippen molar-refractivity contribution in [2.24, 2.45) is 0 Å². The van der Waals surface area contributed by atoms with Crippen LogP contribution in [0.1, 0.15) is 50.8 Å². The maximum absolute atomic E-state index is 11.7. The van der Waals surface area contributed by atoms with E-state index in [-0.39, 0.29) is 11.5 Å². The maximum atomic E-state index is 11.7. The van der Waals surface area contributed by atoms with Gasteiger partial charge in [0, 0.05) is 20.8 Å². The van der Waals surface area contributed by atoms with Crippen molar-refractivity contribution in [3.63, 3.8) is 0 Å². The average molecular weight is 459 g/mol. The largest absolute Gasteiger partial charge is 0.427 e. The molecule has 34 heavy (non-hydrogen) atoms. The summed E-state index contributed by atoms with van der Waals surface area (Å²) in [4.78, 5) is 34.7. The zero-order valence-corrected chi connectivity index (χ0v) is 19.6. The van der Waals surface area contributed by atoms with Crippen LogP contribution in [0.15, 0.2) is 72.8 Å². The highest BCUT2D eigenvalue weighted by Gasteiger charge is 2.17. The average Bonchev–Trinajstić information content (AvgIpc) is 2.78. The smallest absolute Gasteiger partial charge is 0.308 e. The molecule has 0 unspecified atom stereocenters. The van der Waals surface area contributed by atoms with Gasteiger partial charge in [0.25, 0.3) is 0 Å². The van der Waals surface area contributed by atoms with E-state index in [2.05, 4.69) is 0 Å². The van der Waals surface area contributed by atoms with Crippen molar-refractivity contribution >= 4 is 29.1 Å². The van der Waals surface area contributed by atoms with Gasteiger partial charge in [-0.1, -0.05) is 55.5 Å². The molecular weight excluding hydrogens is 432 g/mol. The van der Waals surface area contributed by atoms with Crippen molar-refractivity contribution < 1.29 is 28.6 Å². The van der Waals surface area contributed by atoms with Crippen LogP contribution in [0.5, 0.6) is 17.2 Å². The number of hydrogen-bond acceptors (Lipinski definition) is 6. The molecule has 0 saturated carbocycles. The summed E-state index contributed by atoms with van der Waals surface area (Å²) in [6.45, 7) is 5.96. The van der Waals surface area contributed by atoms with Gasteiger partial charge in [-0.25, -0.2) is 0 Å². The summed E-state index contributed by atoms with van der Waals surface area (Å²) < 4.78 is 15.9. The molecule has 3 rings (SSSR count). The molecule has 0 amide bonds. The Kier molecular flexibility index (Phi) is 7.98. The van der Waals surface area contributed by atoms with Gasteiger partial charge in [-0.2, -0.15) is 0 Å². The van der Waals surface area contributed by atoms with Gasteiger partial charge in [0.15, 0.2) is 11.5 Å². The van der Waals surface area contributed by atoms with E-state index in [0.29, 0.717) is 12.2 Å².